The van der Waals surface area contributed by atoms with Crippen molar-refractivity contribution >= 4 is 33.5 Å². The van der Waals surface area contributed by atoms with Crippen molar-refractivity contribution < 1.29 is 9.53 Å². The number of ether oxygens (including phenoxy) is 1. The van der Waals surface area contributed by atoms with Crippen molar-refractivity contribution in [2.75, 3.05) is 13.7 Å². The molecular formula is C34H34N8O2. The number of aromatic nitrogens is 6. The summed E-state index contributed by atoms with van der Waals surface area (Å²) in [6.45, 7) is 1.61. The van der Waals surface area contributed by atoms with Gasteiger partial charge in [0, 0.05) is 54.9 Å². The summed E-state index contributed by atoms with van der Waals surface area (Å²) in [5.74, 6) is 2.49. The molecule has 9 rings (SSSR count). The lowest BCUT2D eigenvalue weighted by atomic mass is 10.1. The normalized spacial score (nSPS) is 21.3. The Morgan fingerprint density at radius 3 is 2.73 bits per heavy atom. The summed E-state index contributed by atoms with van der Waals surface area (Å²) in [5.41, 5.74) is 13.5. The van der Waals surface area contributed by atoms with Crippen LogP contribution in [0, 0.1) is 11.8 Å². The van der Waals surface area contributed by atoms with Gasteiger partial charge in [0.1, 0.15) is 16.9 Å². The Hall–Kier alpha value is -4.70. The van der Waals surface area contributed by atoms with E-state index < -0.39 is 0 Å². The third-order valence-corrected chi connectivity index (χ3v) is 10.1. The van der Waals surface area contributed by atoms with Crippen molar-refractivity contribution in [3.8, 4) is 28.5 Å². The van der Waals surface area contributed by atoms with Gasteiger partial charge in [-0.2, -0.15) is 5.10 Å². The number of piperidine rings is 1. The number of amides is 1. The maximum absolute atomic E-state index is 13.7. The molecule has 2 aliphatic carbocycles. The number of pyridine rings is 2. The van der Waals surface area contributed by atoms with Crippen LogP contribution in [0.3, 0.4) is 0 Å². The Labute approximate surface area is 254 Å². The minimum absolute atomic E-state index is 0.00678. The Balaban J connectivity index is 1.17. The lowest BCUT2D eigenvalue weighted by Crippen LogP contribution is -2.41. The highest BCUT2D eigenvalue weighted by molar-refractivity contribution is 6.00. The number of likely N-dealkylation sites (tertiary alicyclic amines) is 1. The molecule has 3 fully saturated rings. The molecule has 3 atom stereocenters. The lowest BCUT2D eigenvalue weighted by Gasteiger charge is -2.27. The second-order valence-electron chi connectivity index (χ2n) is 12.8. The summed E-state index contributed by atoms with van der Waals surface area (Å²) >= 11 is 0. The Bertz CT molecular complexity index is 2120. The summed E-state index contributed by atoms with van der Waals surface area (Å²) < 4.78 is 12.2. The number of methoxy groups -OCH3 is 1. The van der Waals surface area contributed by atoms with Crippen LogP contribution in [-0.2, 0) is 13.6 Å². The maximum atomic E-state index is 13.7. The molecule has 1 aliphatic heterocycles. The van der Waals surface area contributed by atoms with Crippen molar-refractivity contribution in [3.63, 3.8) is 0 Å². The molecule has 5 aromatic heterocycles. The second-order valence-corrected chi connectivity index (χ2v) is 12.8. The van der Waals surface area contributed by atoms with Crippen molar-refractivity contribution in [2.24, 2.45) is 24.6 Å². The molecule has 6 heterocycles. The third kappa shape index (κ3) is 3.76. The van der Waals surface area contributed by atoms with Crippen molar-refractivity contribution in [1.29, 1.82) is 0 Å². The number of imidazole rings is 1. The molecule has 2 bridgehead atoms. The number of rotatable bonds is 6. The predicted molar refractivity (Wildman–Crippen MR) is 168 cm³/mol. The summed E-state index contributed by atoms with van der Waals surface area (Å²) in [6.07, 6.45) is 8.35. The molecule has 0 radical (unpaired) electrons. The largest absolute Gasteiger partial charge is 0.494 e. The van der Waals surface area contributed by atoms with Gasteiger partial charge in [-0.05, 0) is 80.0 Å². The number of aryl methyl sites for hydroxylation is 1. The molecule has 6 aromatic rings. The first-order chi connectivity index (χ1) is 21.5. The molecular weight excluding hydrogens is 552 g/mol. The van der Waals surface area contributed by atoms with Crippen LogP contribution >= 0.6 is 0 Å². The zero-order valence-corrected chi connectivity index (χ0v) is 24.8. The van der Waals surface area contributed by atoms with Crippen LogP contribution in [0.2, 0.25) is 0 Å². The average Bonchev–Trinajstić information content (AvgIpc) is 3.30. The highest BCUT2D eigenvalue weighted by atomic mass is 16.5. The first-order valence-electron chi connectivity index (χ1n) is 15.5. The standard InChI is InChI=1S/C34H34N8O2/c1-39-31-25(13-22(15-29(31)44-2)34(43)41-18-21-9-11-27(41)30(21)35)38-33(39)28-14-20-8-10-24(37-32(20)40(28)17-19-6-7-19)23-16-36-42-12-4-3-5-26(23)42/h3-5,8,10,12-16,19,21,27,30H,6-7,9,11,17-18,35H2,1-2H3/t21?,27?,30-/m1/s1. The Morgan fingerprint density at radius 2 is 1.95 bits per heavy atom. The predicted octanol–water partition coefficient (Wildman–Crippen LogP) is 4.89. The van der Waals surface area contributed by atoms with Gasteiger partial charge in [-0.3, -0.25) is 4.79 Å². The highest BCUT2D eigenvalue weighted by Gasteiger charge is 2.47. The number of nitrogens with zero attached hydrogens (tertiary/aromatic N) is 7. The van der Waals surface area contributed by atoms with Crippen LogP contribution in [0.5, 0.6) is 5.75 Å². The fourth-order valence-corrected chi connectivity index (χ4v) is 7.60. The summed E-state index contributed by atoms with van der Waals surface area (Å²) in [7, 11) is 3.67. The summed E-state index contributed by atoms with van der Waals surface area (Å²) in [5, 5.41) is 5.60. The van der Waals surface area contributed by atoms with Crippen molar-refractivity contribution in [2.45, 2.75) is 44.3 Å². The fourth-order valence-electron chi connectivity index (χ4n) is 7.60. The van der Waals surface area contributed by atoms with Gasteiger partial charge in [-0.25, -0.2) is 14.5 Å². The van der Waals surface area contributed by atoms with Gasteiger partial charge in [0.25, 0.3) is 5.91 Å². The number of hydrogen-bond acceptors (Lipinski definition) is 6. The van der Waals surface area contributed by atoms with E-state index in [4.69, 9.17) is 20.4 Å². The lowest BCUT2D eigenvalue weighted by molar-refractivity contribution is 0.0700. The van der Waals surface area contributed by atoms with Crippen LogP contribution in [-0.4, -0.2) is 65.3 Å². The molecule has 2 unspecified atom stereocenters. The molecule has 222 valence electrons. The minimum Gasteiger partial charge on any atom is -0.494 e. The summed E-state index contributed by atoms with van der Waals surface area (Å²) in [6, 6.07) is 16.4. The average molecular weight is 587 g/mol. The van der Waals surface area contributed by atoms with E-state index in [9.17, 15) is 4.79 Å². The van der Waals surface area contributed by atoms with Gasteiger partial charge in [0.2, 0.25) is 0 Å². The van der Waals surface area contributed by atoms with E-state index in [0.29, 0.717) is 23.1 Å². The van der Waals surface area contributed by atoms with Crippen molar-refractivity contribution in [1.82, 2.24) is 33.6 Å². The van der Waals surface area contributed by atoms with E-state index >= 15 is 0 Å². The zero-order valence-electron chi connectivity index (χ0n) is 24.8. The molecule has 10 nitrogen and oxygen atoms in total. The van der Waals surface area contributed by atoms with Gasteiger partial charge in [0.15, 0.2) is 5.82 Å². The topological polar surface area (TPSA) is 108 Å². The minimum atomic E-state index is 0.00678. The number of benzene rings is 1. The fraction of sp³-hybridized carbons (Fsp3) is 0.353. The van der Waals surface area contributed by atoms with Crippen molar-refractivity contribution in [3.05, 3.63) is 66.5 Å². The highest BCUT2D eigenvalue weighted by Crippen LogP contribution is 2.40. The molecule has 2 N–H and O–H groups in total. The van der Waals surface area contributed by atoms with Crippen LogP contribution in [0.4, 0.5) is 0 Å². The molecule has 2 saturated carbocycles. The number of carbonyl (C=O) groups excluding carboxylic acids is 1. The van der Waals surface area contributed by atoms with Gasteiger partial charge < -0.3 is 24.5 Å². The quantitative estimate of drug-likeness (QED) is 0.298. The Kier molecular flexibility index (Phi) is 5.50. The summed E-state index contributed by atoms with van der Waals surface area (Å²) in [4.78, 5) is 26.0. The molecule has 1 saturated heterocycles. The smallest absolute Gasteiger partial charge is 0.254 e. The third-order valence-electron chi connectivity index (χ3n) is 10.1. The number of nitrogens with two attached hydrogens (primary N) is 1. The molecule has 1 aromatic carbocycles. The van der Waals surface area contributed by atoms with E-state index in [1.165, 1.54) is 12.8 Å². The zero-order chi connectivity index (χ0) is 29.7. The van der Waals surface area contributed by atoms with Gasteiger partial charge in [-0.15, -0.1) is 0 Å². The van der Waals surface area contributed by atoms with Crippen LogP contribution in [0.15, 0.2) is 60.9 Å². The first-order valence-corrected chi connectivity index (χ1v) is 15.5. The van der Waals surface area contributed by atoms with Gasteiger partial charge in [0.05, 0.1) is 35.7 Å². The Morgan fingerprint density at radius 1 is 1.07 bits per heavy atom. The second kappa shape index (κ2) is 9.40. The number of hydrogen-bond donors (Lipinski definition) is 1. The van der Waals surface area contributed by atoms with E-state index in [1.54, 1.807) is 7.11 Å². The number of fused-ring (bicyclic) bond motifs is 5. The van der Waals surface area contributed by atoms with Crippen LogP contribution < -0.4 is 10.5 Å². The van der Waals surface area contributed by atoms with E-state index in [2.05, 4.69) is 38.5 Å². The van der Waals surface area contributed by atoms with E-state index in [-0.39, 0.29) is 18.0 Å². The first kappa shape index (κ1) is 25.8. The van der Waals surface area contributed by atoms with E-state index in [1.807, 2.05) is 53.1 Å². The number of carbonyl (C=O) groups is 1. The SMILES string of the molecule is COc1cc(C(=O)N2CC3CCC2[C@@H]3N)cc2nc(-c3cc4ccc(-c5cnn6ccccc56)nc4n3CC3CC3)n(C)c12. The van der Waals surface area contributed by atoms with E-state index in [0.717, 1.165) is 76.3 Å². The molecule has 1 amide bonds. The van der Waals surface area contributed by atoms with Gasteiger partial charge in [-0.1, -0.05) is 6.07 Å². The molecule has 44 heavy (non-hydrogen) atoms. The monoisotopic (exact) mass is 586 g/mol. The van der Waals surface area contributed by atoms with Crippen LogP contribution in [0.1, 0.15) is 36.0 Å². The molecule has 3 aliphatic rings. The molecule has 0 spiro atoms. The van der Waals surface area contributed by atoms with Crippen LogP contribution in [0.25, 0.3) is 50.4 Å². The molecule has 10 heteroatoms. The van der Waals surface area contributed by atoms with Gasteiger partial charge >= 0.3 is 0 Å². The maximum Gasteiger partial charge on any atom is 0.254 e.